The molecule has 1 saturated carbocycles. The van der Waals surface area contributed by atoms with Gasteiger partial charge < -0.3 is 4.74 Å². The average Bonchev–Trinajstić information content (AvgIpc) is 3.05. The van der Waals surface area contributed by atoms with E-state index < -0.39 is 23.3 Å². The number of halogens is 4. The van der Waals surface area contributed by atoms with Crippen LogP contribution in [0.25, 0.3) is 27.8 Å². The van der Waals surface area contributed by atoms with Crippen LogP contribution in [-0.2, 0) is 0 Å². The van der Waals surface area contributed by atoms with E-state index in [1.165, 1.54) is 69.8 Å². The minimum atomic E-state index is -1.08. The van der Waals surface area contributed by atoms with Gasteiger partial charge in [-0.25, -0.2) is 13.2 Å². The summed E-state index contributed by atoms with van der Waals surface area (Å²) in [5.74, 6) is -1.74. The van der Waals surface area contributed by atoms with Crippen LogP contribution in [0, 0.1) is 41.0 Å². The van der Waals surface area contributed by atoms with Crippen LogP contribution < -0.4 is 4.74 Å². The number of benzene rings is 3. The van der Waals surface area contributed by atoms with E-state index in [1.807, 2.05) is 6.92 Å². The van der Waals surface area contributed by atoms with Crippen LogP contribution in [0.2, 0.25) is 0 Å². The van der Waals surface area contributed by atoms with Crippen LogP contribution in [0.1, 0.15) is 96.5 Å². The Morgan fingerprint density at radius 2 is 1.30 bits per heavy atom. The highest BCUT2D eigenvalue weighted by Crippen LogP contribution is 2.43. The Kier molecular flexibility index (Phi) is 11.0. The molecule has 0 aliphatic heterocycles. The summed E-state index contributed by atoms with van der Waals surface area (Å²) < 4.78 is 65.4. The molecule has 5 heteroatoms. The molecule has 0 N–H and O–H groups in total. The molecule has 0 saturated heterocycles. The first-order chi connectivity index (χ1) is 21.4. The molecule has 1 fully saturated rings. The molecule has 0 aromatic heterocycles. The van der Waals surface area contributed by atoms with Crippen molar-refractivity contribution in [1.29, 1.82) is 0 Å². The lowest BCUT2D eigenvalue weighted by Crippen LogP contribution is -2.23. The van der Waals surface area contributed by atoms with Gasteiger partial charge in [0.15, 0.2) is 23.2 Å². The fourth-order valence-electron chi connectivity index (χ4n) is 7.07. The number of unbranched alkanes of at least 4 members (excludes halogenated alkanes) is 2. The summed E-state index contributed by atoms with van der Waals surface area (Å²) in [6, 6.07) is 12.5. The van der Waals surface area contributed by atoms with Crippen molar-refractivity contribution in [2.75, 3.05) is 0 Å². The molecule has 3 aromatic rings. The van der Waals surface area contributed by atoms with E-state index in [0.717, 1.165) is 36.7 Å². The van der Waals surface area contributed by atoms with Gasteiger partial charge in [0.05, 0.1) is 6.26 Å². The third-order valence-corrected chi connectivity index (χ3v) is 9.73. The Labute approximate surface area is 260 Å². The molecule has 2 aliphatic carbocycles. The highest BCUT2D eigenvalue weighted by atomic mass is 19.2. The van der Waals surface area contributed by atoms with Gasteiger partial charge in [-0.05, 0) is 91.2 Å². The molecule has 0 bridgehead atoms. The lowest BCUT2D eigenvalue weighted by molar-refractivity contribution is 0.187. The molecular formula is C39H44F4O. The second-order valence-corrected chi connectivity index (χ2v) is 12.5. The van der Waals surface area contributed by atoms with E-state index in [9.17, 15) is 8.78 Å². The second-order valence-electron chi connectivity index (χ2n) is 12.5. The van der Waals surface area contributed by atoms with E-state index in [1.54, 1.807) is 42.5 Å². The number of allylic oxidation sites excluding steroid dienone is 3. The molecule has 1 unspecified atom stereocenters. The van der Waals surface area contributed by atoms with Gasteiger partial charge in [-0.1, -0.05) is 94.8 Å². The molecule has 1 nitrogen and oxygen atoms in total. The lowest BCUT2D eigenvalue weighted by atomic mass is 9.70. The third-order valence-electron chi connectivity index (χ3n) is 9.73. The van der Waals surface area contributed by atoms with Crippen LogP contribution in [0.15, 0.2) is 66.9 Å². The molecule has 1 atom stereocenters. The standard InChI is InChI=1S/C39H44F4O/c1-3-5-7-8-26-9-11-27(12-10-26)28-13-15-29(16-14-28)32-21-22-33(37(41)36(32)40)30-17-19-31(20-18-30)34-23-24-35(39(43)38(34)42)44-25-6-4-2/h6,15,17-28H,3-5,7-14,16H2,1-2H3/b25-6-. The molecule has 0 radical (unpaired) electrons. The lowest BCUT2D eigenvalue weighted by Gasteiger charge is -2.35. The van der Waals surface area contributed by atoms with Crippen LogP contribution in [0.3, 0.4) is 0 Å². The Morgan fingerprint density at radius 3 is 1.91 bits per heavy atom. The van der Waals surface area contributed by atoms with Crippen molar-refractivity contribution in [1.82, 2.24) is 0 Å². The van der Waals surface area contributed by atoms with Gasteiger partial charge in [0, 0.05) is 16.7 Å². The summed E-state index contributed by atoms with van der Waals surface area (Å²) in [4.78, 5) is 0. The Hall–Kier alpha value is -3.34. The van der Waals surface area contributed by atoms with E-state index in [2.05, 4.69) is 13.0 Å². The average molecular weight is 605 g/mol. The number of ether oxygens (including phenoxy) is 1. The smallest absolute Gasteiger partial charge is 0.201 e. The summed E-state index contributed by atoms with van der Waals surface area (Å²) in [6.45, 7) is 4.16. The number of rotatable bonds is 11. The van der Waals surface area contributed by atoms with Crippen molar-refractivity contribution in [3.8, 4) is 28.0 Å². The molecule has 0 heterocycles. The molecule has 234 valence electrons. The van der Waals surface area contributed by atoms with Crippen molar-refractivity contribution in [2.24, 2.45) is 17.8 Å². The molecule has 0 amide bonds. The van der Waals surface area contributed by atoms with E-state index in [0.29, 0.717) is 29.0 Å². The predicted octanol–water partition coefficient (Wildman–Crippen LogP) is 12.4. The molecule has 2 aliphatic rings. The quantitative estimate of drug-likeness (QED) is 0.120. The Bertz CT molecular complexity index is 1460. The molecule has 3 aromatic carbocycles. The summed E-state index contributed by atoms with van der Waals surface area (Å²) in [6.07, 6.45) is 19.2. The first-order valence-corrected chi connectivity index (χ1v) is 16.5. The normalized spacial score (nSPS) is 20.6. The van der Waals surface area contributed by atoms with E-state index in [4.69, 9.17) is 4.74 Å². The predicted molar refractivity (Wildman–Crippen MR) is 172 cm³/mol. The fraction of sp³-hybridized carbons (Fsp3) is 0.436. The maximum Gasteiger partial charge on any atom is 0.201 e. The maximum absolute atomic E-state index is 15.4. The summed E-state index contributed by atoms with van der Waals surface area (Å²) in [5.41, 5.74) is 2.32. The zero-order valence-electron chi connectivity index (χ0n) is 26.0. The van der Waals surface area contributed by atoms with Gasteiger partial charge >= 0.3 is 0 Å². The monoisotopic (exact) mass is 604 g/mol. The zero-order valence-corrected chi connectivity index (χ0v) is 26.0. The third kappa shape index (κ3) is 7.30. The second kappa shape index (κ2) is 15.1. The van der Waals surface area contributed by atoms with Crippen molar-refractivity contribution >= 4 is 5.57 Å². The van der Waals surface area contributed by atoms with Gasteiger partial charge in [0.2, 0.25) is 5.82 Å². The molecule has 0 spiro atoms. The van der Waals surface area contributed by atoms with Gasteiger partial charge in [0.1, 0.15) is 0 Å². The summed E-state index contributed by atoms with van der Waals surface area (Å²) in [5, 5.41) is 0. The van der Waals surface area contributed by atoms with Crippen LogP contribution >= 0.6 is 0 Å². The van der Waals surface area contributed by atoms with Gasteiger partial charge in [-0.3, -0.25) is 0 Å². The SMILES string of the molecule is CC/C=C\Oc1ccc(-c2ccc(-c3ccc(C4=CCC(C5CCC(CCCCC)CC5)CC4)c(F)c3F)cc2)c(F)c1F. The summed E-state index contributed by atoms with van der Waals surface area (Å²) >= 11 is 0. The molecular weight excluding hydrogens is 560 g/mol. The highest BCUT2D eigenvalue weighted by molar-refractivity contribution is 5.74. The molecule has 44 heavy (non-hydrogen) atoms. The van der Waals surface area contributed by atoms with Crippen molar-refractivity contribution < 1.29 is 22.3 Å². The molecule has 5 rings (SSSR count). The fourth-order valence-corrected chi connectivity index (χ4v) is 7.07. The van der Waals surface area contributed by atoms with Crippen molar-refractivity contribution in [2.45, 2.75) is 90.9 Å². The largest absolute Gasteiger partial charge is 0.462 e. The Balaban J connectivity index is 1.24. The highest BCUT2D eigenvalue weighted by Gasteiger charge is 2.29. The van der Waals surface area contributed by atoms with Crippen LogP contribution in [0.4, 0.5) is 17.6 Å². The summed E-state index contributed by atoms with van der Waals surface area (Å²) in [7, 11) is 0. The van der Waals surface area contributed by atoms with Crippen molar-refractivity contribution in [3.05, 3.63) is 95.8 Å². The zero-order chi connectivity index (χ0) is 31.1. The first-order valence-electron chi connectivity index (χ1n) is 16.5. The number of hydrogen-bond donors (Lipinski definition) is 0. The van der Waals surface area contributed by atoms with Crippen LogP contribution in [0.5, 0.6) is 5.75 Å². The minimum Gasteiger partial charge on any atom is -0.462 e. The van der Waals surface area contributed by atoms with E-state index in [-0.39, 0.29) is 16.9 Å². The van der Waals surface area contributed by atoms with Crippen molar-refractivity contribution in [3.63, 3.8) is 0 Å². The van der Waals surface area contributed by atoms with Gasteiger partial charge in [0.25, 0.3) is 0 Å². The van der Waals surface area contributed by atoms with Gasteiger partial charge in [-0.2, -0.15) is 4.39 Å². The van der Waals surface area contributed by atoms with Crippen LogP contribution in [-0.4, -0.2) is 0 Å². The number of hydrogen-bond acceptors (Lipinski definition) is 1. The maximum atomic E-state index is 15.4. The van der Waals surface area contributed by atoms with E-state index >= 15 is 8.78 Å². The Morgan fingerprint density at radius 1 is 0.682 bits per heavy atom. The van der Waals surface area contributed by atoms with Gasteiger partial charge in [-0.15, -0.1) is 0 Å². The topological polar surface area (TPSA) is 9.23 Å². The first kappa shape index (κ1) is 32.1. The minimum absolute atomic E-state index is 0.0606.